The summed E-state index contributed by atoms with van der Waals surface area (Å²) in [6, 6.07) is 4.08. The molecule has 1 aliphatic rings. The topological polar surface area (TPSA) is 75.8 Å². The van der Waals surface area contributed by atoms with E-state index in [9.17, 15) is 12.8 Å². The summed E-state index contributed by atoms with van der Waals surface area (Å²) in [5, 5.41) is 0. The van der Waals surface area contributed by atoms with Crippen LogP contribution in [0.1, 0.15) is 11.1 Å². The normalized spacial score (nSPS) is 16.8. The van der Waals surface area contributed by atoms with E-state index in [1.54, 1.807) is 0 Å². The number of hydrogen-bond donors (Lipinski definition) is 1. The smallest absolute Gasteiger partial charge is 0.191 e. The molecule has 1 aromatic rings. The van der Waals surface area contributed by atoms with Crippen molar-refractivity contribution in [3.63, 3.8) is 0 Å². The first kappa shape index (κ1) is 17.1. The summed E-state index contributed by atoms with van der Waals surface area (Å²) in [7, 11) is -3.19. The van der Waals surface area contributed by atoms with Gasteiger partial charge in [0.1, 0.15) is 5.82 Å². The summed E-state index contributed by atoms with van der Waals surface area (Å²) in [5.74, 6) is 1.91. The molecule has 2 N–H and O–H groups in total. The van der Waals surface area contributed by atoms with Crippen molar-refractivity contribution in [1.29, 1.82) is 0 Å². The molecule has 0 saturated carbocycles. The minimum atomic E-state index is -3.19. The third-order valence-corrected chi connectivity index (χ3v) is 5.11. The molecular weight excluding hydrogens is 325 g/mol. The largest absolute Gasteiger partial charge is 0.370 e. The Kier molecular flexibility index (Phi) is 5.69. The van der Waals surface area contributed by atoms with E-state index in [0.29, 0.717) is 17.1 Å². The molecule has 0 bridgehead atoms. The lowest BCUT2D eigenvalue weighted by Crippen LogP contribution is -2.42. The van der Waals surface area contributed by atoms with E-state index >= 15 is 0 Å². The van der Waals surface area contributed by atoms with Gasteiger partial charge in [-0.15, -0.1) is 0 Å². The second-order valence-electron chi connectivity index (χ2n) is 5.26. The predicted molar refractivity (Wildman–Crippen MR) is 89.2 cm³/mol. The zero-order valence-electron chi connectivity index (χ0n) is 12.5. The summed E-state index contributed by atoms with van der Waals surface area (Å²) >= 11 is 1.87. The lowest BCUT2D eigenvalue weighted by molar-refractivity contribution is 0.455. The summed E-state index contributed by atoms with van der Waals surface area (Å²) in [6.45, 7) is 1.87. The number of hydrogen-bond acceptors (Lipinski definition) is 4. The SMILES string of the molecule is CS(=O)(=O)Cc1ccc(F)cc1CN=C(N)N1CCSCC1. The summed E-state index contributed by atoms with van der Waals surface area (Å²) in [5.41, 5.74) is 7.09. The maximum Gasteiger partial charge on any atom is 0.191 e. The van der Waals surface area contributed by atoms with Crippen molar-refractivity contribution in [2.75, 3.05) is 30.9 Å². The van der Waals surface area contributed by atoms with Gasteiger partial charge >= 0.3 is 0 Å². The van der Waals surface area contributed by atoms with E-state index in [4.69, 9.17) is 5.73 Å². The number of rotatable bonds is 4. The van der Waals surface area contributed by atoms with Gasteiger partial charge in [-0.2, -0.15) is 11.8 Å². The monoisotopic (exact) mass is 345 g/mol. The number of nitrogens with two attached hydrogens (primary N) is 1. The molecule has 5 nitrogen and oxygen atoms in total. The average Bonchev–Trinajstić information content (AvgIpc) is 2.47. The average molecular weight is 345 g/mol. The van der Waals surface area contributed by atoms with Crippen LogP contribution < -0.4 is 5.73 Å². The van der Waals surface area contributed by atoms with Crippen LogP contribution >= 0.6 is 11.8 Å². The van der Waals surface area contributed by atoms with E-state index in [0.717, 1.165) is 30.9 Å². The van der Waals surface area contributed by atoms with Crippen molar-refractivity contribution in [2.24, 2.45) is 10.7 Å². The summed E-state index contributed by atoms with van der Waals surface area (Å²) < 4.78 is 36.3. The second-order valence-corrected chi connectivity index (χ2v) is 8.62. The Bertz CT molecular complexity index is 656. The number of thioether (sulfide) groups is 1. The Labute approximate surface area is 134 Å². The fourth-order valence-electron chi connectivity index (χ4n) is 2.22. The molecule has 1 saturated heterocycles. The van der Waals surface area contributed by atoms with Crippen LogP contribution in [-0.4, -0.2) is 50.1 Å². The number of nitrogens with zero attached hydrogens (tertiary/aromatic N) is 2. The van der Waals surface area contributed by atoms with Gasteiger partial charge < -0.3 is 10.6 Å². The van der Waals surface area contributed by atoms with Gasteiger partial charge in [0, 0.05) is 30.9 Å². The highest BCUT2D eigenvalue weighted by atomic mass is 32.2. The number of sulfone groups is 1. The molecule has 0 aliphatic carbocycles. The first-order valence-corrected chi connectivity index (χ1v) is 10.1. The van der Waals surface area contributed by atoms with Crippen LogP contribution in [-0.2, 0) is 22.1 Å². The number of aliphatic imine (C=N–C) groups is 1. The Balaban J connectivity index is 2.15. The molecule has 122 valence electrons. The molecule has 0 amide bonds. The molecule has 0 spiro atoms. The van der Waals surface area contributed by atoms with Crippen LogP contribution in [0.4, 0.5) is 4.39 Å². The van der Waals surface area contributed by atoms with Crippen LogP contribution in [0.25, 0.3) is 0 Å². The molecule has 1 aromatic carbocycles. The van der Waals surface area contributed by atoms with Crippen LogP contribution in [0.15, 0.2) is 23.2 Å². The highest BCUT2D eigenvalue weighted by Gasteiger charge is 2.13. The molecule has 0 unspecified atom stereocenters. The van der Waals surface area contributed by atoms with Crippen LogP contribution in [0.2, 0.25) is 0 Å². The van der Waals surface area contributed by atoms with E-state index in [1.165, 1.54) is 18.2 Å². The van der Waals surface area contributed by atoms with Crippen molar-refractivity contribution in [3.05, 3.63) is 35.1 Å². The van der Waals surface area contributed by atoms with Gasteiger partial charge in [0.05, 0.1) is 12.3 Å². The predicted octanol–water partition coefficient (Wildman–Crippen LogP) is 1.23. The van der Waals surface area contributed by atoms with E-state index in [-0.39, 0.29) is 12.3 Å². The molecule has 8 heteroatoms. The zero-order chi connectivity index (χ0) is 16.2. The van der Waals surface area contributed by atoms with Gasteiger partial charge in [-0.1, -0.05) is 6.07 Å². The maximum absolute atomic E-state index is 13.4. The highest BCUT2D eigenvalue weighted by Crippen LogP contribution is 2.16. The Hall–Kier alpha value is -1.28. The molecule has 2 rings (SSSR count). The third kappa shape index (κ3) is 5.17. The molecule has 0 aromatic heterocycles. The molecule has 1 heterocycles. The summed E-state index contributed by atoms with van der Waals surface area (Å²) in [4.78, 5) is 6.29. The first-order chi connectivity index (χ1) is 10.3. The lowest BCUT2D eigenvalue weighted by Gasteiger charge is -2.27. The van der Waals surface area contributed by atoms with Gasteiger partial charge in [0.2, 0.25) is 0 Å². The molecule has 0 atom stereocenters. The van der Waals surface area contributed by atoms with Crippen molar-refractivity contribution in [3.8, 4) is 0 Å². The van der Waals surface area contributed by atoms with Crippen LogP contribution in [0, 0.1) is 5.82 Å². The fourth-order valence-corrected chi connectivity index (χ4v) is 3.97. The summed E-state index contributed by atoms with van der Waals surface area (Å²) in [6.07, 6.45) is 1.16. The standard InChI is InChI=1S/C14H20FN3O2S2/c1-22(19,20)10-11-2-3-13(15)8-12(11)9-17-14(16)18-4-6-21-7-5-18/h2-3,8H,4-7,9-10H2,1H3,(H2,16,17). The lowest BCUT2D eigenvalue weighted by atomic mass is 10.1. The number of benzene rings is 1. The maximum atomic E-state index is 13.4. The molecule has 22 heavy (non-hydrogen) atoms. The molecule has 1 aliphatic heterocycles. The zero-order valence-corrected chi connectivity index (χ0v) is 14.1. The van der Waals surface area contributed by atoms with Gasteiger partial charge in [0.15, 0.2) is 15.8 Å². The van der Waals surface area contributed by atoms with Gasteiger partial charge in [-0.25, -0.2) is 17.8 Å². The highest BCUT2D eigenvalue weighted by molar-refractivity contribution is 7.99. The Morgan fingerprint density at radius 1 is 1.36 bits per heavy atom. The van der Waals surface area contributed by atoms with Crippen LogP contribution in [0.3, 0.4) is 0 Å². The minimum Gasteiger partial charge on any atom is -0.370 e. The van der Waals surface area contributed by atoms with Gasteiger partial charge in [-0.05, 0) is 23.3 Å². The number of guanidine groups is 1. The van der Waals surface area contributed by atoms with Gasteiger partial charge in [0.25, 0.3) is 0 Å². The molecule has 0 radical (unpaired) electrons. The third-order valence-electron chi connectivity index (χ3n) is 3.33. The Morgan fingerprint density at radius 2 is 2.05 bits per heavy atom. The number of halogens is 1. The molecule has 1 fully saturated rings. The first-order valence-electron chi connectivity index (χ1n) is 6.93. The van der Waals surface area contributed by atoms with Crippen molar-refractivity contribution >= 4 is 27.6 Å². The quantitative estimate of drug-likeness (QED) is 0.656. The van der Waals surface area contributed by atoms with Crippen LogP contribution in [0.5, 0.6) is 0 Å². The molecular formula is C14H20FN3O2S2. The minimum absolute atomic E-state index is 0.127. The second kappa shape index (κ2) is 7.32. The van der Waals surface area contributed by atoms with Crippen molar-refractivity contribution in [1.82, 2.24) is 4.90 Å². The van der Waals surface area contributed by atoms with E-state index < -0.39 is 15.7 Å². The van der Waals surface area contributed by atoms with Crippen molar-refractivity contribution < 1.29 is 12.8 Å². The van der Waals surface area contributed by atoms with E-state index in [1.807, 2.05) is 16.7 Å². The van der Waals surface area contributed by atoms with Gasteiger partial charge in [-0.3, -0.25) is 0 Å². The van der Waals surface area contributed by atoms with Crippen molar-refractivity contribution in [2.45, 2.75) is 12.3 Å². The Morgan fingerprint density at radius 3 is 2.68 bits per heavy atom. The van der Waals surface area contributed by atoms with E-state index in [2.05, 4.69) is 4.99 Å². The fraction of sp³-hybridized carbons (Fsp3) is 0.500.